The zero-order chi connectivity index (χ0) is 15.8. The first-order valence-corrected chi connectivity index (χ1v) is 8.49. The summed E-state index contributed by atoms with van der Waals surface area (Å²) >= 11 is 2.95. The Kier molecular flexibility index (Phi) is 3.43. The normalized spacial score (nSPS) is 12.6. The van der Waals surface area contributed by atoms with Crippen LogP contribution in [-0.4, -0.2) is 20.0 Å². The van der Waals surface area contributed by atoms with Gasteiger partial charge in [0.15, 0.2) is 0 Å². The third-order valence-electron chi connectivity index (χ3n) is 3.20. The van der Waals surface area contributed by atoms with E-state index in [1.54, 1.807) is 6.92 Å². The van der Waals surface area contributed by atoms with Gasteiger partial charge in [-0.05, 0) is 29.8 Å². The number of rotatable bonds is 4. The minimum Gasteiger partial charge on any atom is -0.418 e. The summed E-state index contributed by atoms with van der Waals surface area (Å²) in [6, 6.07) is 6.99. The molecule has 9 heteroatoms. The monoisotopic (exact) mass is 346 g/mol. The van der Waals surface area contributed by atoms with Crippen molar-refractivity contribution >= 4 is 22.7 Å². The van der Waals surface area contributed by atoms with Crippen molar-refractivity contribution < 1.29 is 8.83 Å². The lowest BCUT2D eigenvalue weighted by Gasteiger charge is -2.03. The molecule has 0 N–H and O–H groups in total. The van der Waals surface area contributed by atoms with Gasteiger partial charge in [-0.1, -0.05) is 12.1 Å². The molecular weight excluding hydrogens is 336 g/mol. The van der Waals surface area contributed by atoms with Gasteiger partial charge >= 0.3 is 5.76 Å². The van der Waals surface area contributed by atoms with Gasteiger partial charge < -0.3 is 8.83 Å². The Labute approximate surface area is 137 Å². The van der Waals surface area contributed by atoms with E-state index in [2.05, 4.69) is 15.3 Å². The van der Waals surface area contributed by atoms with Crippen LogP contribution in [0.15, 0.2) is 48.7 Å². The van der Waals surface area contributed by atoms with Crippen LogP contribution in [0.1, 0.15) is 18.9 Å². The van der Waals surface area contributed by atoms with Gasteiger partial charge in [0.25, 0.3) is 11.8 Å². The lowest BCUT2D eigenvalue weighted by atomic mass is 10.3. The van der Waals surface area contributed by atoms with E-state index in [4.69, 9.17) is 8.83 Å². The maximum Gasteiger partial charge on any atom is 0.438 e. The number of nitrogens with zero attached hydrogens (tertiary/aromatic N) is 4. The van der Waals surface area contributed by atoms with Crippen molar-refractivity contribution in [2.45, 2.75) is 13.0 Å². The molecule has 1 unspecified atom stereocenters. The van der Waals surface area contributed by atoms with Crippen LogP contribution in [0.5, 0.6) is 0 Å². The molecule has 0 aromatic carbocycles. The second-order valence-electron chi connectivity index (χ2n) is 4.69. The first-order chi connectivity index (χ1) is 11.2. The number of hydrogen-bond acceptors (Lipinski definition) is 8. The highest BCUT2D eigenvalue weighted by atomic mass is 32.1. The van der Waals surface area contributed by atoms with Crippen molar-refractivity contribution in [3.8, 4) is 21.5 Å². The van der Waals surface area contributed by atoms with Crippen molar-refractivity contribution in [2.24, 2.45) is 0 Å². The van der Waals surface area contributed by atoms with Crippen LogP contribution in [0, 0.1) is 0 Å². The molecule has 0 fully saturated rings. The third-order valence-corrected chi connectivity index (χ3v) is 4.91. The van der Waals surface area contributed by atoms with Gasteiger partial charge in [0.05, 0.1) is 9.75 Å². The Bertz CT molecular complexity index is 966. The van der Waals surface area contributed by atoms with E-state index in [-0.39, 0.29) is 5.89 Å². The molecule has 1 atom stereocenters. The summed E-state index contributed by atoms with van der Waals surface area (Å²) in [7, 11) is 0. The van der Waals surface area contributed by atoms with Gasteiger partial charge in [-0.2, -0.15) is 4.68 Å². The van der Waals surface area contributed by atoms with Gasteiger partial charge in [0.1, 0.15) is 6.04 Å². The van der Waals surface area contributed by atoms with Gasteiger partial charge in [-0.15, -0.1) is 38.0 Å². The molecule has 0 radical (unpaired) electrons. The lowest BCUT2D eigenvalue weighted by molar-refractivity contribution is 0.391. The zero-order valence-corrected chi connectivity index (χ0v) is 13.5. The fourth-order valence-corrected chi connectivity index (χ4v) is 3.33. The average Bonchev–Trinajstić information content (AvgIpc) is 3.31. The van der Waals surface area contributed by atoms with Crippen LogP contribution >= 0.6 is 22.7 Å². The fraction of sp³-hybridized carbons (Fsp3) is 0.143. The van der Waals surface area contributed by atoms with E-state index in [1.165, 1.54) is 27.4 Å². The quantitative estimate of drug-likeness (QED) is 0.563. The second-order valence-corrected chi connectivity index (χ2v) is 6.59. The SMILES string of the molecule is CC(c1nnc(-c2cccs2)o1)n1nc(-c2cccs2)oc1=O. The maximum absolute atomic E-state index is 12.0. The summed E-state index contributed by atoms with van der Waals surface area (Å²) in [5.41, 5.74) is 0. The Balaban J connectivity index is 1.67. The largest absolute Gasteiger partial charge is 0.438 e. The van der Waals surface area contributed by atoms with Gasteiger partial charge in [-0.3, -0.25) is 0 Å². The first-order valence-electron chi connectivity index (χ1n) is 6.73. The molecule has 0 bridgehead atoms. The molecule has 4 rings (SSSR count). The topological polar surface area (TPSA) is 86.9 Å². The molecule has 0 aliphatic carbocycles. The van der Waals surface area contributed by atoms with Crippen LogP contribution in [-0.2, 0) is 0 Å². The summed E-state index contributed by atoms with van der Waals surface area (Å²) in [5.74, 6) is 0.463. The van der Waals surface area contributed by atoms with E-state index < -0.39 is 11.8 Å². The van der Waals surface area contributed by atoms with Gasteiger partial charge in [-0.25, -0.2) is 4.79 Å². The summed E-state index contributed by atoms with van der Waals surface area (Å²) in [5, 5.41) is 16.1. The molecule has 7 nitrogen and oxygen atoms in total. The summed E-state index contributed by atoms with van der Waals surface area (Å²) in [6.45, 7) is 1.76. The fourth-order valence-electron chi connectivity index (χ4n) is 2.04. The van der Waals surface area contributed by atoms with E-state index in [9.17, 15) is 4.79 Å². The molecule has 4 aromatic rings. The van der Waals surface area contributed by atoms with Crippen LogP contribution < -0.4 is 5.76 Å². The zero-order valence-electron chi connectivity index (χ0n) is 11.9. The molecule has 0 spiro atoms. The average molecular weight is 346 g/mol. The Morgan fingerprint density at radius 2 is 1.74 bits per heavy atom. The summed E-state index contributed by atoms with van der Waals surface area (Å²) < 4.78 is 12.1. The minimum atomic E-state index is -0.559. The molecule has 0 amide bonds. The highest BCUT2D eigenvalue weighted by Crippen LogP contribution is 2.26. The number of thiophene rings is 2. The van der Waals surface area contributed by atoms with Crippen LogP contribution in [0.25, 0.3) is 21.5 Å². The van der Waals surface area contributed by atoms with Crippen molar-refractivity contribution in [3.63, 3.8) is 0 Å². The molecule has 23 heavy (non-hydrogen) atoms. The van der Waals surface area contributed by atoms with E-state index in [1.807, 2.05) is 35.0 Å². The first kappa shape index (κ1) is 14.1. The Morgan fingerprint density at radius 3 is 2.39 bits per heavy atom. The predicted molar refractivity (Wildman–Crippen MR) is 85.5 cm³/mol. The number of aromatic nitrogens is 4. The molecule has 116 valence electrons. The van der Waals surface area contributed by atoms with Crippen molar-refractivity contribution in [2.75, 3.05) is 0 Å². The summed E-state index contributed by atoms with van der Waals surface area (Å²) in [4.78, 5) is 13.7. The van der Waals surface area contributed by atoms with Crippen LogP contribution in [0.3, 0.4) is 0 Å². The van der Waals surface area contributed by atoms with Crippen LogP contribution in [0.2, 0.25) is 0 Å². The van der Waals surface area contributed by atoms with Crippen molar-refractivity contribution in [3.05, 3.63) is 51.5 Å². The maximum atomic E-state index is 12.0. The standard InChI is InChI=1S/C14H10N4O3S2/c1-8(11-15-16-12(20-11)9-4-2-6-22-9)18-14(19)21-13(17-18)10-5-3-7-23-10/h2-8H,1H3. The number of hydrogen-bond donors (Lipinski definition) is 0. The summed E-state index contributed by atoms with van der Waals surface area (Å²) in [6.07, 6.45) is 0. The van der Waals surface area contributed by atoms with Crippen molar-refractivity contribution in [1.82, 2.24) is 20.0 Å². The molecule has 4 heterocycles. The Hall–Kier alpha value is -2.52. The molecule has 0 saturated carbocycles. The second kappa shape index (κ2) is 5.60. The van der Waals surface area contributed by atoms with E-state index in [0.717, 1.165) is 9.75 Å². The molecule has 0 saturated heterocycles. The highest BCUT2D eigenvalue weighted by Gasteiger charge is 2.22. The van der Waals surface area contributed by atoms with E-state index >= 15 is 0 Å². The third kappa shape index (κ3) is 2.53. The minimum absolute atomic E-state index is 0.287. The lowest BCUT2D eigenvalue weighted by Crippen LogP contribution is -2.21. The smallest absolute Gasteiger partial charge is 0.418 e. The Morgan fingerprint density at radius 1 is 1.04 bits per heavy atom. The van der Waals surface area contributed by atoms with E-state index in [0.29, 0.717) is 11.8 Å². The van der Waals surface area contributed by atoms with Gasteiger partial charge in [0, 0.05) is 0 Å². The molecular formula is C14H10N4O3S2. The molecule has 0 aliphatic heterocycles. The molecule has 0 aliphatic rings. The van der Waals surface area contributed by atoms with Crippen molar-refractivity contribution in [1.29, 1.82) is 0 Å². The van der Waals surface area contributed by atoms with Gasteiger partial charge in [0.2, 0.25) is 5.89 Å². The molecule has 4 aromatic heterocycles. The van der Waals surface area contributed by atoms with Crippen LogP contribution in [0.4, 0.5) is 0 Å². The predicted octanol–water partition coefficient (Wildman–Crippen LogP) is 3.29. The highest BCUT2D eigenvalue weighted by molar-refractivity contribution is 7.13.